The SMILES string of the molecule is O=C(NCc1cnc(N2CCCC2)nc1)c1cn[nH]c1. The van der Waals surface area contributed by atoms with E-state index < -0.39 is 0 Å². The second-order valence-corrected chi connectivity index (χ2v) is 4.76. The van der Waals surface area contributed by atoms with Crippen molar-refractivity contribution < 1.29 is 4.79 Å². The number of aromatic amines is 1. The first kappa shape index (κ1) is 12.6. The van der Waals surface area contributed by atoms with E-state index in [1.165, 1.54) is 19.0 Å². The molecule has 7 heteroatoms. The van der Waals surface area contributed by atoms with Crippen LogP contribution in [-0.2, 0) is 6.54 Å². The van der Waals surface area contributed by atoms with E-state index in [1.54, 1.807) is 18.6 Å². The van der Waals surface area contributed by atoms with Crippen LogP contribution in [0.4, 0.5) is 5.95 Å². The molecule has 0 atom stereocenters. The quantitative estimate of drug-likeness (QED) is 0.856. The van der Waals surface area contributed by atoms with Crippen molar-refractivity contribution in [3.8, 4) is 0 Å². The second-order valence-electron chi connectivity index (χ2n) is 4.76. The fourth-order valence-electron chi connectivity index (χ4n) is 2.18. The minimum atomic E-state index is -0.164. The fourth-order valence-corrected chi connectivity index (χ4v) is 2.18. The zero-order valence-electron chi connectivity index (χ0n) is 11.0. The Kier molecular flexibility index (Phi) is 3.58. The van der Waals surface area contributed by atoms with E-state index in [0.717, 1.165) is 24.6 Å². The number of anilines is 1. The highest BCUT2D eigenvalue weighted by Gasteiger charge is 2.14. The van der Waals surface area contributed by atoms with E-state index in [0.29, 0.717) is 12.1 Å². The molecular formula is C13H16N6O. The van der Waals surface area contributed by atoms with Crippen LogP contribution in [0.2, 0.25) is 0 Å². The molecule has 0 saturated carbocycles. The van der Waals surface area contributed by atoms with Crippen LogP contribution in [0.3, 0.4) is 0 Å². The maximum atomic E-state index is 11.7. The summed E-state index contributed by atoms with van der Waals surface area (Å²) >= 11 is 0. The first-order valence-electron chi connectivity index (χ1n) is 6.66. The van der Waals surface area contributed by atoms with Gasteiger partial charge < -0.3 is 10.2 Å². The molecule has 2 aromatic heterocycles. The number of amides is 1. The molecule has 0 radical (unpaired) electrons. The van der Waals surface area contributed by atoms with Crippen LogP contribution in [0, 0.1) is 0 Å². The highest BCUT2D eigenvalue weighted by molar-refractivity contribution is 5.93. The summed E-state index contributed by atoms with van der Waals surface area (Å²) in [6.07, 6.45) is 8.97. The highest BCUT2D eigenvalue weighted by atomic mass is 16.1. The lowest BCUT2D eigenvalue weighted by Crippen LogP contribution is -2.23. The van der Waals surface area contributed by atoms with Crippen LogP contribution in [0.5, 0.6) is 0 Å². The Morgan fingerprint density at radius 1 is 1.25 bits per heavy atom. The summed E-state index contributed by atoms with van der Waals surface area (Å²) in [6, 6.07) is 0. The summed E-state index contributed by atoms with van der Waals surface area (Å²) in [5.74, 6) is 0.606. The molecule has 3 heterocycles. The Hall–Kier alpha value is -2.44. The number of carbonyl (C=O) groups is 1. The van der Waals surface area contributed by atoms with Crippen LogP contribution >= 0.6 is 0 Å². The Morgan fingerprint density at radius 2 is 2.00 bits per heavy atom. The largest absolute Gasteiger partial charge is 0.348 e. The molecule has 0 bridgehead atoms. The third-order valence-electron chi connectivity index (χ3n) is 3.29. The predicted molar refractivity (Wildman–Crippen MR) is 73.2 cm³/mol. The van der Waals surface area contributed by atoms with Crippen LogP contribution < -0.4 is 10.2 Å². The number of carbonyl (C=O) groups excluding carboxylic acids is 1. The lowest BCUT2D eigenvalue weighted by Gasteiger charge is -2.14. The van der Waals surface area contributed by atoms with Crippen molar-refractivity contribution in [3.05, 3.63) is 35.9 Å². The standard InChI is InChI=1S/C13H16N6O/c20-12(11-8-17-18-9-11)14-5-10-6-15-13(16-7-10)19-3-1-2-4-19/h6-9H,1-5H2,(H,14,20)(H,17,18). The van der Waals surface area contributed by atoms with E-state index >= 15 is 0 Å². The number of H-pyrrole nitrogens is 1. The lowest BCUT2D eigenvalue weighted by molar-refractivity contribution is 0.0951. The van der Waals surface area contributed by atoms with Crippen molar-refractivity contribution in [1.29, 1.82) is 0 Å². The van der Waals surface area contributed by atoms with Gasteiger partial charge in [-0.2, -0.15) is 5.10 Å². The first-order chi connectivity index (χ1) is 9.83. The van der Waals surface area contributed by atoms with Gasteiger partial charge in [0.1, 0.15) is 0 Å². The molecule has 104 valence electrons. The Morgan fingerprint density at radius 3 is 2.65 bits per heavy atom. The van der Waals surface area contributed by atoms with Crippen LogP contribution in [0.25, 0.3) is 0 Å². The normalized spacial score (nSPS) is 14.5. The molecule has 1 aliphatic heterocycles. The summed E-state index contributed by atoms with van der Waals surface area (Å²) < 4.78 is 0. The average Bonchev–Trinajstić information content (AvgIpc) is 3.18. The molecule has 2 aromatic rings. The van der Waals surface area contributed by atoms with Crippen molar-refractivity contribution >= 4 is 11.9 Å². The molecule has 3 rings (SSSR count). The van der Waals surface area contributed by atoms with Crippen molar-refractivity contribution in [2.24, 2.45) is 0 Å². The van der Waals surface area contributed by atoms with Gasteiger partial charge in [0.25, 0.3) is 5.91 Å². The molecule has 7 nitrogen and oxygen atoms in total. The van der Waals surface area contributed by atoms with Gasteiger partial charge in [-0.15, -0.1) is 0 Å². The summed E-state index contributed by atoms with van der Waals surface area (Å²) in [6.45, 7) is 2.46. The molecule has 0 unspecified atom stereocenters. The van der Waals surface area contributed by atoms with Gasteiger partial charge in [-0.1, -0.05) is 0 Å². The molecule has 0 spiro atoms. The maximum Gasteiger partial charge on any atom is 0.254 e. The third-order valence-corrected chi connectivity index (χ3v) is 3.29. The van der Waals surface area contributed by atoms with E-state index in [2.05, 4.69) is 30.4 Å². The van der Waals surface area contributed by atoms with Gasteiger partial charge >= 0.3 is 0 Å². The van der Waals surface area contributed by atoms with Gasteiger partial charge in [-0.25, -0.2) is 9.97 Å². The number of hydrogen-bond donors (Lipinski definition) is 2. The molecular weight excluding hydrogens is 256 g/mol. The van der Waals surface area contributed by atoms with Crippen LogP contribution in [0.1, 0.15) is 28.8 Å². The van der Waals surface area contributed by atoms with Gasteiger partial charge in [0.2, 0.25) is 5.95 Å². The Bertz CT molecular complexity index is 559. The second kappa shape index (κ2) is 5.68. The Balaban J connectivity index is 1.56. The van der Waals surface area contributed by atoms with Crippen molar-refractivity contribution in [1.82, 2.24) is 25.5 Å². The molecule has 1 amide bonds. The van der Waals surface area contributed by atoms with Crippen molar-refractivity contribution in [2.75, 3.05) is 18.0 Å². The molecule has 2 N–H and O–H groups in total. The topological polar surface area (TPSA) is 86.8 Å². The third kappa shape index (κ3) is 2.76. The Labute approximate surface area is 116 Å². The van der Waals surface area contributed by atoms with Crippen molar-refractivity contribution in [3.63, 3.8) is 0 Å². The number of nitrogens with zero attached hydrogens (tertiary/aromatic N) is 4. The number of rotatable bonds is 4. The zero-order valence-corrected chi connectivity index (χ0v) is 11.0. The van der Waals surface area contributed by atoms with E-state index in [4.69, 9.17) is 0 Å². The van der Waals surface area contributed by atoms with Crippen LogP contribution in [0.15, 0.2) is 24.8 Å². The highest BCUT2D eigenvalue weighted by Crippen LogP contribution is 2.14. The van der Waals surface area contributed by atoms with Crippen molar-refractivity contribution in [2.45, 2.75) is 19.4 Å². The average molecular weight is 272 g/mol. The molecule has 20 heavy (non-hydrogen) atoms. The summed E-state index contributed by atoms with van der Waals surface area (Å²) in [5.41, 5.74) is 1.39. The number of aromatic nitrogens is 4. The van der Waals surface area contributed by atoms with Crippen LogP contribution in [-0.4, -0.2) is 39.2 Å². The van der Waals surface area contributed by atoms with Gasteiger partial charge in [-0.05, 0) is 12.8 Å². The van der Waals surface area contributed by atoms with E-state index in [1.807, 2.05) is 0 Å². The minimum absolute atomic E-state index is 0.164. The molecule has 1 fully saturated rings. The smallest absolute Gasteiger partial charge is 0.254 e. The van der Waals surface area contributed by atoms with Gasteiger partial charge in [0.05, 0.1) is 11.8 Å². The summed E-state index contributed by atoms with van der Waals surface area (Å²) in [5, 5.41) is 9.14. The fraction of sp³-hybridized carbons (Fsp3) is 0.385. The maximum absolute atomic E-state index is 11.7. The van der Waals surface area contributed by atoms with Gasteiger partial charge in [0, 0.05) is 43.8 Å². The lowest BCUT2D eigenvalue weighted by atomic mass is 10.3. The van der Waals surface area contributed by atoms with E-state index in [-0.39, 0.29) is 5.91 Å². The summed E-state index contributed by atoms with van der Waals surface area (Å²) in [4.78, 5) is 22.6. The minimum Gasteiger partial charge on any atom is -0.348 e. The number of nitrogens with one attached hydrogen (secondary N) is 2. The van der Waals surface area contributed by atoms with E-state index in [9.17, 15) is 4.79 Å². The first-order valence-corrected chi connectivity index (χ1v) is 6.66. The zero-order chi connectivity index (χ0) is 13.8. The molecule has 1 aliphatic rings. The van der Waals surface area contributed by atoms with Gasteiger partial charge in [0.15, 0.2) is 0 Å². The molecule has 0 aliphatic carbocycles. The monoisotopic (exact) mass is 272 g/mol. The van der Waals surface area contributed by atoms with Gasteiger partial charge in [-0.3, -0.25) is 9.89 Å². The summed E-state index contributed by atoms with van der Waals surface area (Å²) in [7, 11) is 0. The molecule has 0 aromatic carbocycles. The number of hydrogen-bond acceptors (Lipinski definition) is 5. The molecule has 1 saturated heterocycles. The predicted octanol–water partition coefficient (Wildman–Crippen LogP) is 0.730.